The number of carbonyl (C=O) groups excluding carboxylic acids is 1. The zero-order valence-corrected chi connectivity index (χ0v) is 23.0. The molecule has 0 N–H and O–H groups in total. The van der Waals surface area contributed by atoms with Crippen LogP contribution in [-0.4, -0.2) is 25.3 Å². The number of hydrogen-bond acceptors (Lipinski definition) is 5. The third-order valence-corrected chi connectivity index (χ3v) is 7.01. The molecule has 35 heavy (non-hydrogen) atoms. The third kappa shape index (κ3) is 5.46. The largest absolute Gasteiger partial charge is 0.493 e. The summed E-state index contributed by atoms with van der Waals surface area (Å²) in [7, 11) is 3.18. The summed E-state index contributed by atoms with van der Waals surface area (Å²) in [4.78, 5) is 20.9. The number of ether oxygens (including phenoxy) is 2. The number of methoxy groups -OCH3 is 2. The quantitative estimate of drug-likeness (QED) is 0.308. The molecule has 1 saturated heterocycles. The number of aliphatic imine (C=N–C) groups is 1. The summed E-state index contributed by atoms with van der Waals surface area (Å²) in [6.07, 6.45) is 1.86. The first kappa shape index (κ1) is 25.1. The van der Waals surface area contributed by atoms with Crippen LogP contribution in [0, 0.1) is 27.7 Å². The van der Waals surface area contributed by atoms with Crippen LogP contribution in [0.2, 0.25) is 0 Å². The molecule has 0 radical (unpaired) electrons. The minimum Gasteiger partial charge on any atom is -0.493 e. The van der Waals surface area contributed by atoms with E-state index in [4.69, 9.17) is 14.5 Å². The van der Waals surface area contributed by atoms with Gasteiger partial charge in [0.1, 0.15) is 0 Å². The van der Waals surface area contributed by atoms with Gasteiger partial charge < -0.3 is 9.47 Å². The minimum absolute atomic E-state index is 0.117. The van der Waals surface area contributed by atoms with Crippen LogP contribution in [0.25, 0.3) is 6.08 Å². The van der Waals surface area contributed by atoms with E-state index < -0.39 is 0 Å². The Morgan fingerprint density at radius 1 is 0.857 bits per heavy atom. The first-order chi connectivity index (χ1) is 16.7. The van der Waals surface area contributed by atoms with Crippen LogP contribution in [0.3, 0.4) is 0 Å². The van der Waals surface area contributed by atoms with Crippen LogP contribution in [0.15, 0.2) is 62.9 Å². The normalized spacial score (nSPS) is 15.9. The van der Waals surface area contributed by atoms with Crippen LogP contribution in [-0.2, 0) is 4.79 Å². The molecule has 0 spiro atoms. The molecule has 0 unspecified atom stereocenters. The molecule has 1 amide bonds. The van der Waals surface area contributed by atoms with Gasteiger partial charge in [0.2, 0.25) is 0 Å². The van der Waals surface area contributed by atoms with E-state index in [2.05, 4.69) is 28.1 Å². The zero-order valence-electron chi connectivity index (χ0n) is 20.6. The van der Waals surface area contributed by atoms with Gasteiger partial charge in [-0.3, -0.25) is 9.69 Å². The smallest absolute Gasteiger partial charge is 0.271 e. The van der Waals surface area contributed by atoms with Crippen molar-refractivity contribution in [1.82, 2.24) is 0 Å². The van der Waals surface area contributed by atoms with Crippen molar-refractivity contribution in [2.45, 2.75) is 27.7 Å². The predicted octanol–water partition coefficient (Wildman–Crippen LogP) is 7.51. The second-order valence-corrected chi connectivity index (χ2v) is 10.4. The van der Waals surface area contributed by atoms with Gasteiger partial charge >= 0.3 is 0 Å². The lowest BCUT2D eigenvalue weighted by molar-refractivity contribution is -0.113. The van der Waals surface area contributed by atoms with Crippen molar-refractivity contribution >= 4 is 56.2 Å². The van der Waals surface area contributed by atoms with Gasteiger partial charge in [0, 0.05) is 0 Å². The van der Waals surface area contributed by atoms with E-state index in [1.54, 1.807) is 19.1 Å². The summed E-state index contributed by atoms with van der Waals surface area (Å²) < 4.78 is 11.6. The van der Waals surface area contributed by atoms with Crippen molar-refractivity contribution < 1.29 is 14.3 Å². The standard InChI is InChI=1S/C28H27BrN2O3S/c1-16-7-17(2)10-21(9-16)30-28-31(22-11-18(3)8-19(4)12-22)27(32)25(35-28)15-20-13-23(29)26(34-6)24(14-20)33-5/h7-15H,1-6H3. The summed E-state index contributed by atoms with van der Waals surface area (Å²) in [5.41, 5.74) is 6.88. The average molecular weight is 552 g/mol. The van der Waals surface area contributed by atoms with Gasteiger partial charge in [0.25, 0.3) is 5.91 Å². The summed E-state index contributed by atoms with van der Waals surface area (Å²) in [5, 5.41) is 0.621. The highest BCUT2D eigenvalue weighted by atomic mass is 79.9. The minimum atomic E-state index is -0.117. The number of amides is 1. The lowest BCUT2D eigenvalue weighted by Gasteiger charge is -2.17. The highest BCUT2D eigenvalue weighted by Gasteiger charge is 2.35. The first-order valence-electron chi connectivity index (χ1n) is 11.1. The molecule has 0 aliphatic carbocycles. The van der Waals surface area contributed by atoms with Crippen molar-refractivity contribution in [2.24, 2.45) is 4.99 Å². The number of amidine groups is 1. The fraction of sp³-hybridized carbons (Fsp3) is 0.214. The fourth-order valence-corrected chi connectivity index (χ4v) is 5.78. The monoisotopic (exact) mass is 550 g/mol. The molecule has 3 aromatic rings. The number of aryl methyl sites for hydroxylation is 4. The summed E-state index contributed by atoms with van der Waals surface area (Å²) in [5.74, 6) is 1.07. The molecule has 5 nitrogen and oxygen atoms in total. The SMILES string of the molecule is COc1cc(C=C2SC(=Nc3cc(C)cc(C)c3)N(c3cc(C)cc(C)c3)C2=O)cc(Br)c1OC. The lowest BCUT2D eigenvalue weighted by atomic mass is 10.1. The Morgan fingerprint density at radius 3 is 2.03 bits per heavy atom. The molecule has 1 aliphatic heterocycles. The maximum absolute atomic E-state index is 13.7. The van der Waals surface area contributed by atoms with Gasteiger partial charge in [-0.25, -0.2) is 4.99 Å². The van der Waals surface area contributed by atoms with Crippen LogP contribution in [0.4, 0.5) is 11.4 Å². The summed E-state index contributed by atoms with van der Waals surface area (Å²) in [6.45, 7) is 8.16. The van der Waals surface area contributed by atoms with Gasteiger partial charge in [0.05, 0.1) is 35.0 Å². The molecule has 0 atom stereocenters. The molecular weight excluding hydrogens is 524 g/mol. The van der Waals surface area contributed by atoms with Crippen LogP contribution in [0.1, 0.15) is 27.8 Å². The van der Waals surface area contributed by atoms with E-state index in [9.17, 15) is 4.79 Å². The van der Waals surface area contributed by atoms with E-state index in [1.807, 2.05) is 70.2 Å². The highest BCUT2D eigenvalue weighted by Crippen LogP contribution is 2.41. The van der Waals surface area contributed by atoms with Crippen molar-refractivity contribution in [1.29, 1.82) is 0 Å². The van der Waals surface area contributed by atoms with Gasteiger partial charge in [-0.2, -0.15) is 0 Å². The van der Waals surface area contributed by atoms with Gasteiger partial charge in [-0.15, -0.1) is 0 Å². The molecule has 3 aromatic carbocycles. The Hall–Kier alpha value is -3.03. The third-order valence-electron chi connectivity index (χ3n) is 5.46. The van der Waals surface area contributed by atoms with Gasteiger partial charge in [-0.1, -0.05) is 12.1 Å². The Balaban J connectivity index is 1.84. The molecule has 7 heteroatoms. The number of carbonyl (C=O) groups is 1. The van der Waals surface area contributed by atoms with Crippen molar-refractivity contribution in [3.63, 3.8) is 0 Å². The van der Waals surface area contributed by atoms with E-state index >= 15 is 0 Å². The van der Waals surface area contributed by atoms with Gasteiger partial charge in [0.15, 0.2) is 16.7 Å². The van der Waals surface area contributed by atoms with Crippen molar-refractivity contribution in [3.8, 4) is 11.5 Å². The number of thioether (sulfide) groups is 1. The van der Waals surface area contributed by atoms with Crippen molar-refractivity contribution in [3.05, 3.63) is 85.7 Å². The first-order valence-corrected chi connectivity index (χ1v) is 12.7. The molecule has 1 fully saturated rings. The lowest BCUT2D eigenvalue weighted by Crippen LogP contribution is -2.28. The molecule has 0 aromatic heterocycles. The Labute approximate surface area is 219 Å². The van der Waals surface area contributed by atoms with E-state index in [0.717, 1.165) is 43.7 Å². The van der Waals surface area contributed by atoms with Crippen LogP contribution >= 0.6 is 27.7 Å². The van der Waals surface area contributed by atoms with Crippen LogP contribution < -0.4 is 14.4 Å². The molecule has 1 heterocycles. The molecule has 180 valence electrons. The highest BCUT2D eigenvalue weighted by molar-refractivity contribution is 9.10. The summed E-state index contributed by atoms with van der Waals surface area (Å²) in [6, 6.07) is 16.0. The molecule has 0 saturated carbocycles. The van der Waals surface area contributed by atoms with E-state index in [0.29, 0.717) is 21.6 Å². The Bertz CT molecular complexity index is 1340. The second-order valence-electron chi connectivity index (χ2n) is 8.58. The zero-order chi connectivity index (χ0) is 25.3. The number of hydrogen-bond donors (Lipinski definition) is 0. The number of rotatable bonds is 5. The topological polar surface area (TPSA) is 51.1 Å². The molecule has 1 aliphatic rings. The van der Waals surface area contributed by atoms with Crippen LogP contribution in [0.5, 0.6) is 11.5 Å². The Kier molecular flexibility index (Phi) is 7.38. The number of anilines is 1. The number of nitrogens with zero attached hydrogens (tertiary/aromatic N) is 2. The number of benzene rings is 3. The summed E-state index contributed by atoms with van der Waals surface area (Å²) >= 11 is 4.90. The molecular formula is C28H27BrN2O3S. The van der Waals surface area contributed by atoms with E-state index in [1.165, 1.54) is 11.8 Å². The molecule has 4 rings (SSSR count). The molecule has 0 bridgehead atoms. The van der Waals surface area contributed by atoms with Gasteiger partial charge in [-0.05, 0) is 126 Å². The second kappa shape index (κ2) is 10.3. The average Bonchev–Trinajstić information content (AvgIpc) is 3.06. The fourth-order valence-electron chi connectivity index (χ4n) is 4.15. The maximum Gasteiger partial charge on any atom is 0.271 e. The van der Waals surface area contributed by atoms with E-state index in [-0.39, 0.29) is 5.91 Å². The predicted molar refractivity (Wildman–Crippen MR) is 149 cm³/mol. The maximum atomic E-state index is 13.7. The Morgan fingerprint density at radius 2 is 1.46 bits per heavy atom. The number of halogens is 1. The van der Waals surface area contributed by atoms with Crippen molar-refractivity contribution in [2.75, 3.05) is 19.1 Å².